The third kappa shape index (κ3) is 5.45. The minimum atomic E-state index is 0.100. The summed E-state index contributed by atoms with van der Waals surface area (Å²) in [6, 6.07) is 8.79. The van der Waals surface area contributed by atoms with Crippen LogP contribution in [0.5, 0.6) is 5.75 Å². The van der Waals surface area contributed by atoms with Gasteiger partial charge in [0.2, 0.25) is 0 Å². The maximum absolute atomic E-state index is 12.2. The Morgan fingerprint density at radius 1 is 1.19 bits per heavy atom. The van der Waals surface area contributed by atoms with Crippen LogP contribution in [0.25, 0.3) is 0 Å². The highest BCUT2D eigenvalue weighted by atomic mass is 16.5. The molecule has 1 amide bonds. The van der Waals surface area contributed by atoms with E-state index in [0.717, 1.165) is 62.9 Å². The number of hydrogen-bond acceptors (Lipinski definition) is 4. The van der Waals surface area contributed by atoms with Crippen LogP contribution in [0, 0.1) is 0 Å². The molecule has 5 heteroatoms. The van der Waals surface area contributed by atoms with Crippen molar-refractivity contribution in [3.8, 4) is 5.75 Å². The van der Waals surface area contributed by atoms with Gasteiger partial charge in [0.25, 0.3) is 5.91 Å². The van der Waals surface area contributed by atoms with Crippen molar-refractivity contribution in [2.75, 3.05) is 39.8 Å². The Morgan fingerprint density at radius 3 is 2.69 bits per heavy atom. The first-order valence-corrected chi connectivity index (χ1v) is 10.1. The van der Waals surface area contributed by atoms with Crippen LogP contribution >= 0.6 is 0 Å². The topological polar surface area (TPSA) is 44.8 Å². The van der Waals surface area contributed by atoms with Crippen LogP contribution in [-0.4, -0.2) is 61.6 Å². The number of amides is 1. The van der Waals surface area contributed by atoms with E-state index in [2.05, 4.69) is 23.3 Å². The van der Waals surface area contributed by atoms with Crippen molar-refractivity contribution in [1.29, 1.82) is 0 Å². The van der Waals surface area contributed by atoms with Crippen molar-refractivity contribution >= 4 is 5.91 Å². The molecular formula is C21H33N3O2. The van der Waals surface area contributed by atoms with Crippen LogP contribution in [-0.2, 0) is 11.3 Å². The molecule has 1 saturated heterocycles. The molecule has 0 spiro atoms. The molecule has 0 bridgehead atoms. The molecule has 5 nitrogen and oxygen atoms in total. The second-order valence-electron chi connectivity index (χ2n) is 7.58. The summed E-state index contributed by atoms with van der Waals surface area (Å²) in [6.45, 7) is 4.70. The molecule has 2 aliphatic rings. The fourth-order valence-corrected chi connectivity index (χ4v) is 3.99. The monoisotopic (exact) mass is 359 g/mol. The molecule has 0 aromatic heterocycles. The number of rotatable bonds is 9. The number of para-hydroxylation sites is 1. The highest BCUT2D eigenvalue weighted by Gasteiger charge is 2.19. The van der Waals surface area contributed by atoms with Crippen molar-refractivity contribution < 1.29 is 9.53 Å². The Balaban J connectivity index is 1.40. The summed E-state index contributed by atoms with van der Waals surface area (Å²) >= 11 is 0. The summed E-state index contributed by atoms with van der Waals surface area (Å²) in [5.74, 6) is 0.917. The van der Waals surface area contributed by atoms with Gasteiger partial charge in [0.05, 0.1) is 0 Å². The van der Waals surface area contributed by atoms with Crippen LogP contribution < -0.4 is 10.1 Å². The number of benzene rings is 1. The number of hydrogen-bond donors (Lipinski definition) is 1. The van der Waals surface area contributed by atoms with Crippen molar-refractivity contribution in [3.63, 3.8) is 0 Å². The van der Waals surface area contributed by atoms with Gasteiger partial charge in [0.1, 0.15) is 5.75 Å². The van der Waals surface area contributed by atoms with Gasteiger partial charge in [-0.1, -0.05) is 31.0 Å². The Labute approximate surface area is 157 Å². The number of nitrogens with one attached hydrogen (secondary N) is 1. The van der Waals surface area contributed by atoms with E-state index in [4.69, 9.17) is 4.74 Å². The van der Waals surface area contributed by atoms with Gasteiger partial charge in [-0.2, -0.15) is 0 Å². The molecule has 1 heterocycles. The molecule has 0 atom stereocenters. The highest BCUT2D eigenvalue weighted by Crippen LogP contribution is 2.22. The lowest BCUT2D eigenvalue weighted by atomic mass is 10.2. The number of ether oxygens (including phenoxy) is 1. The molecule has 0 radical (unpaired) electrons. The summed E-state index contributed by atoms with van der Waals surface area (Å²) in [4.78, 5) is 16.6. The van der Waals surface area contributed by atoms with Crippen LogP contribution in [0.4, 0.5) is 0 Å². The largest absolute Gasteiger partial charge is 0.483 e. The molecule has 1 aliphatic carbocycles. The van der Waals surface area contributed by atoms with E-state index < -0.39 is 0 Å². The van der Waals surface area contributed by atoms with E-state index in [-0.39, 0.29) is 12.5 Å². The molecule has 1 aromatic rings. The second-order valence-corrected chi connectivity index (χ2v) is 7.58. The molecule has 3 rings (SSSR count). The maximum atomic E-state index is 12.2. The van der Waals surface area contributed by atoms with E-state index in [9.17, 15) is 4.79 Å². The Kier molecular flexibility index (Phi) is 7.32. The van der Waals surface area contributed by atoms with E-state index in [1.165, 1.54) is 25.7 Å². The zero-order valence-electron chi connectivity index (χ0n) is 16.1. The summed E-state index contributed by atoms with van der Waals surface area (Å²) in [6.07, 6.45) is 7.67. The lowest BCUT2D eigenvalue weighted by Gasteiger charge is -2.24. The van der Waals surface area contributed by atoms with Crippen molar-refractivity contribution in [2.45, 2.75) is 51.1 Å². The molecule has 0 unspecified atom stereocenters. The summed E-state index contributed by atoms with van der Waals surface area (Å²) < 4.78 is 5.83. The lowest BCUT2D eigenvalue weighted by Crippen LogP contribution is -2.35. The van der Waals surface area contributed by atoms with E-state index in [1.54, 1.807) is 0 Å². The average Bonchev–Trinajstić information content (AvgIpc) is 3.37. The molecule has 1 aromatic carbocycles. The van der Waals surface area contributed by atoms with E-state index in [0.29, 0.717) is 0 Å². The Bertz CT molecular complexity index is 566. The van der Waals surface area contributed by atoms with Gasteiger partial charge in [0.15, 0.2) is 6.61 Å². The fourth-order valence-electron chi connectivity index (χ4n) is 3.99. The van der Waals surface area contributed by atoms with Gasteiger partial charge in [0, 0.05) is 44.3 Å². The normalized spacial score (nSPS) is 18.0. The Hall–Kier alpha value is -1.59. The number of likely N-dealkylation sites (N-methyl/N-ethyl adjacent to an activating group) is 1. The summed E-state index contributed by atoms with van der Waals surface area (Å²) in [5.41, 5.74) is 1.12. The fraction of sp³-hybridized carbons (Fsp3) is 0.667. The molecular weight excluding hydrogens is 326 g/mol. The SMILES string of the molecule is CN(CCNCc1ccccc1OCC(=O)N1CCCC1)C1CCCC1. The van der Waals surface area contributed by atoms with Crippen LogP contribution in [0.3, 0.4) is 0 Å². The van der Waals surface area contributed by atoms with Crippen molar-refractivity contribution in [2.24, 2.45) is 0 Å². The van der Waals surface area contributed by atoms with E-state index >= 15 is 0 Å². The van der Waals surface area contributed by atoms with E-state index in [1.807, 2.05) is 23.1 Å². The first kappa shape index (κ1) is 19.2. The van der Waals surface area contributed by atoms with Gasteiger partial charge < -0.3 is 19.9 Å². The zero-order chi connectivity index (χ0) is 18.2. The maximum Gasteiger partial charge on any atom is 0.260 e. The summed E-state index contributed by atoms with van der Waals surface area (Å²) in [7, 11) is 2.23. The predicted molar refractivity (Wildman–Crippen MR) is 104 cm³/mol. The quantitative estimate of drug-likeness (QED) is 0.689. The van der Waals surface area contributed by atoms with Gasteiger partial charge in [-0.25, -0.2) is 0 Å². The Morgan fingerprint density at radius 2 is 1.92 bits per heavy atom. The van der Waals surface area contributed by atoms with Crippen LogP contribution in [0.15, 0.2) is 24.3 Å². The molecule has 144 valence electrons. The predicted octanol–water partition coefficient (Wildman–Crippen LogP) is 2.65. The number of carbonyl (C=O) groups excluding carboxylic acids is 1. The third-order valence-corrected chi connectivity index (χ3v) is 5.69. The molecule has 1 aliphatic heterocycles. The minimum absolute atomic E-state index is 0.100. The second kappa shape index (κ2) is 9.93. The smallest absolute Gasteiger partial charge is 0.260 e. The van der Waals surface area contributed by atoms with Crippen molar-refractivity contribution in [3.05, 3.63) is 29.8 Å². The molecule has 2 fully saturated rings. The molecule has 26 heavy (non-hydrogen) atoms. The zero-order valence-corrected chi connectivity index (χ0v) is 16.1. The van der Waals surface area contributed by atoms with Crippen molar-refractivity contribution in [1.82, 2.24) is 15.1 Å². The van der Waals surface area contributed by atoms with Gasteiger partial charge in [-0.15, -0.1) is 0 Å². The third-order valence-electron chi connectivity index (χ3n) is 5.69. The van der Waals surface area contributed by atoms with Gasteiger partial charge in [-0.3, -0.25) is 4.79 Å². The number of carbonyl (C=O) groups is 1. The average molecular weight is 360 g/mol. The number of likely N-dealkylation sites (tertiary alicyclic amines) is 1. The van der Waals surface area contributed by atoms with Crippen LogP contribution in [0.2, 0.25) is 0 Å². The first-order valence-electron chi connectivity index (χ1n) is 10.1. The first-order chi connectivity index (χ1) is 12.7. The molecule has 1 N–H and O–H groups in total. The van der Waals surface area contributed by atoms with Gasteiger partial charge in [-0.05, 0) is 38.8 Å². The lowest BCUT2D eigenvalue weighted by molar-refractivity contribution is -0.132. The van der Waals surface area contributed by atoms with Gasteiger partial charge >= 0.3 is 0 Å². The highest BCUT2D eigenvalue weighted by molar-refractivity contribution is 5.78. The standard InChI is InChI=1S/C21H33N3O2/c1-23(19-9-3-4-10-19)15-12-22-16-18-8-2-5-11-20(18)26-17-21(25)24-13-6-7-14-24/h2,5,8,11,19,22H,3-4,6-7,9-10,12-17H2,1H3. The number of nitrogens with zero attached hydrogens (tertiary/aromatic N) is 2. The minimum Gasteiger partial charge on any atom is -0.483 e. The van der Waals surface area contributed by atoms with Crippen LogP contribution in [0.1, 0.15) is 44.1 Å². The molecule has 1 saturated carbocycles. The summed E-state index contributed by atoms with van der Waals surface area (Å²) in [5, 5.41) is 3.52.